The SMILES string of the molecule is COC(=O)C(CC1CCC(N)CC1)NC(=O)OC(C)(C)C. The molecule has 21 heavy (non-hydrogen) atoms. The van der Waals surface area contributed by atoms with Crippen LogP contribution in [0.5, 0.6) is 0 Å². The van der Waals surface area contributed by atoms with Crippen LogP contribution in [0.15, 0.2) is 0 Å². The molecule has 0 aliphatic heterocycles. The maximum Gasteiger partial charge on any atom is 0.408 e. The van der Waals surface area contributed by atoms with Crippen molar-refractivity contribution in [1.82, 2.24) is 5.32 Å². The Kier molecular flexibility index (Phi) is 6.45. The summed E-state index contributed by atoms with van der Waals surface area (Å²) in [7, 11) is 1.32. The molecule has 0 spiro atoms. The van der Waals surface area contributed by atoms with Crippen LogP contribution < -0.4 is 11.1 Å². The Morgan fingerprint density at radius 2 is 1.81 bits per heavy atom. The van der Waals surface area contributed by atoms with E-state index in [4.69, 9.17) is 15.2 Å². The molecule has 1 rings (SSSR count). The maximum atomic E-state index is 11.8. The molecule has 0 aromatic carbocycles. The second kappa shape index (κ2) is 7.64. The Morgan fingerprint density at radius 3 is 2.29 bits per heavy atom. The van der Waals surface area contributed by atoms with E-state index in [1.54, 1.807) is 20.8 Å². The predicted octanol–water partition coefficient (Wildman–Crippen LogP) is 1.96. The summed E-state index contributed by atoms with van der Waals surface area (Å²) in [6, 6.07) is -0.402. The van der Waals surface area contributed by atoms with Gasteiger partial charge in [-0.15, -0.1) is 0 Å². The van der Waals surface area contributed by atoms with E-state index < -0.39 is 23.7 Å². The van der Waals surface area contributed by atoms with Crippen LogP contribution in [0.2, 0.25) is 0 Å². The first-order chi connectivity index (χ1) is 9.71. The number of nitrogens with two attached hydrogens (primary N) is 1. The molecule has 1 aliphatic carbocycles. The van der Waals surface area contributed by atoms with Crippen molar-refractivity contribution in [2.45, 2.75) is 70.6 Å². The lowest BCUT2D eigenvalue weighted by molar-refractivity contribution is -0.143. The van der Waals surface area contributed by atoms with Gasteiger partial charge in [-0.1, -0.05) is 0 Å². The van der Waals surface area contributed by atoms with E-state index in [1.165, 1.54) is 7.11 Å². The normalized spacial score (nSPS) is 24.0. The fourth-order valence-electron chi connectivity index (χ4n) is 2.56. The fourth-order valence-corrected chi connectivity index (χ4v) is 2.56. The van der Waals surface area contributed by atoms with Crippen molar-refractivity contribution in [1.29, 1.82) is 0 Å². The monoisotopic (exact) mass is 300 g/mol. The van der Waals surface area contributed by atoms with Gasteiger partial charge in [0.05, 0.1) is 7.11 Å². The number of alkyl carbamates (subject to hydrolysis) is 1. The maximum absolute atomic E-state index is 11.8. The van der Waals surface area contributed by atoms with E-state index >= 15 is 0 Å². The molecule has 0 heterocycles. The molecule has 1 atom stereocenters. The van der Waals surface area contributed by atoms with Crippen molar-refractivity contribution in [2.75, 3.05) is 7.11 Å². The summed E-state index contributed by atoms with van der Waals surface area (Å²) in [5.74, 6) is -0.0560. The summed E-state index contributed by atoms with van der Waals surface area (Å²) < 4.78 is 9.96. The van der Waals surface area contributed by atoms with Crippen LogP contribution in [0.3, 0.4) is 0 Å². The topological polar surface area (TPSA) is 90.6 Å². The van der Waals surface area contributed by atoms with E-state index in [0.29, 0.717) is 12.3 Å². The third kappa shape index (κ3) is 6.80. The highest BCUT2D eigenvalue weighted by Gasteiger charge is 2.29. The summed E-state index contributed by atoms with van der Waals surface area (Å²) in [5, 5.41) is 2.62. The third-order valence-electron chi connectivity index (χ3n) is 3.64. The van der Waals surface area contributed by atoms with E-state index in [9.17, 15) is 9.59 Å². The zero-order chi connectivity index (χ0) is 16.0. The van der Waals surface area contributed by atoms with Crippen molar-refractivity contribution in [3.8, 4) is 0 Å². The van der Waals surface area contributed by atoms with Gasteiger partial charge in [-0.25, -0.2) is 9.59 Å². The summed E-state index contributed by atoms with van der Waals surface area (Å²) in [6.07, 6.45) is 3.86. The van der Waals surface area contributed by atoms with Gasteiger partial charge in [-0.05, 0) is 58.8 Å². The number of esters is 1. The number of carbonyl (C=O) groups is 2. The zero-order valence-corrected chi connectivity index (χ0v) is 13.5. The van der Waals surface area contributed by atoms with Gasteiger partial charge in [0.15, 0.2) is 0 Å². The van der Waals surface area contributed by atoms with Gasteiger partial charge in [0.1, 0.15) is 11.6 Å². The molecular formula is C15H28N2O4. The molecular weight excluding hydrogens is 272 g/mol. The van der Waals surface area contributed by atoms with Gasteiger partial charge in [0.25, 0.3) is 0 Å². The van der Waals surface area contributed by atoms with Crippen molar-refractivity contribution in [3.63, 3.8) is 0 Å². The highest BCUT2D eigenvalue weighted by molar-refractivity contribution is 5.81. The molecule has 0 aromatic rings. The molecule has 0 bridgehead atoms. The fraction of sp³-hybridized carbons (Fsp3) is 0.867. The Labute approximate surface area is 126 Å². The number of hydrogen-bond acceptors (Lipinski definition) is 5. The smallest absolute Gasteiger partial charge is 0.408 e. The van der Waals surface area contributed by atoms with Crippen molar-refractivity contribution < 1.29 is 19.1 Å². The molecule has 0 aromatic heterocycles. The van der Waals surface area contributed by atoms with Gasteiger partial charge in [-0.2, -0.15) is 0 Å². The number of rotatable bonds is 4. The average molecular weight is 300 g/mol. The highest BCUT2D eigenvalue weighted by atomic mass is 16.6. The Balaban J connectivity index is 2.55. The molecule has 1 fully saturated rings. The van der Waals surface area contributed by atoms with Gasteiger partial charge in [0.2, 0.25) is 0 Å². The first kappa shape index (κ1) is 17.8. The number of nitrogens with one attached hydrogen (secondary N) is 1. The quantitative estimate of drug-likeness (QED) is 0.774. The van der Waals surface area contributed by atoms with Crippen LogP contribution in [0.1, 0.15) is 52.9 Å². The van der Waals surface area contributed by atoms with Crippen molar-refractivity contribution >= 4 is 12.1 Å². The summed E-state index contributed by atoms with van der Waals surface area (Å²) in [5.41, 5.74) is 5.29. The van der Waals surface area contributed by atoms with Gasteiger partial charge >= 0.3 is 12.1 Å². The summed E-state index contributed by atoms with van der Waals surface area (Å²) in [6.45, 7) is 5.34. The third-order valence-corrected chi connectivity index (χ3v) is 3.64. The predicted molar refractivity (Wildman–Crippen MR) is 79.7 cm³/mol. The summed E-state index contributed by atoms with van der Waals surface area (Å²) >= 11 is 0. The zero-order valence-electron chi connectivity index (χ0n) is 13.5. The number of carbonyl (C=O) groups excluding carboxylic acids is 2. The van der Waals surface area contributed by atoms with Crippen LogP contribution in [-0.4, -0.2) is 36.9 Å². The number of amides is 1. The van der Waals surface area contributed by atoms with Crippen LogP contribution in [0, 0.1) is 5.92 Å². The Morgan fingerprint density at radius 1 is 1.24 bits per heavy atom. The summed E-state index contributed by atoms with van der Waals surface area (Å²) in [4.78, 5) is 23.7. The molecule has 1 aliphatic rings. The Hall–Kier alpha value is -1.30. The molecule has 6 nitrogen and oxygen atoms in total. The second-order valence-corrected chi connectivity index (χ2v) is 6.74. The molecule has 122 valence electrons. The molecule has 0 saturated heterocycles. The van der Waals surface area contributed by atoms with Crippen molar-refractivity contribution in [3.05, 3.63) is 0 Å². The lowest BCUT2D eigenvalue weighted by atomic mass is 9.82. The van der Waals surface area contributed by atoms with Gasteiger partial charge < -0.3 is 20.5 Å². The lowest BCUT2D eigenvalue weighted by Crippen LogP contribution is -2.45. The minimum atomic E-state index is -0.663. The van der Waals surface area contributed by atoms with E-state index in [-0.39, 0.29) is 6.04 Å². The lowest BCUT2D eigenvalue weighted by Gasteiger charge is -2.29. The number of ether oxygens (including phenoxy) is 2. The first-order valence-electron chi connectivity index (χ1n) is 7.54. The standard InChI is InChI=1S/C15H28N2O4/c1-15(2,3)21-14(19)17-12(13(18)20-4)9-10-5-7-11(16)8-6-10/h10-12H,5-9,16H2,1-4H3,(H,17,19). The largest absolute Gasteiger partial charge is 0.467 e. The minimum Gasteiger partial charge on any atom is -0.467 e. The van der Waals surface area contributed by atoms with Crippen LogP contribution in [0.4, 0.5) is 4.79 Å². The minimum absolute atomic E-state index is 0.261. The van der Waals surface area contributed by atoms with Gasteiger partial charge in [-0.3, -0.25) is 0 Å². The molecule has 1 amide bonds. The molecule has 0 radical (unpaired) electrons. The highest BCUT2D eigenvalue weighted by Crippen LogP contribution is 2.27. The Bertz CT molecular complexity index is 357. The molecule has 1 saturated carbocycles. The average Bonchev–Trinajstić information content (AvgIpc) is 2.37. The number of hydrogen-bond donors (Lipinski definition) is 2. The molecule has 1 unspecified atom stereocenters. The molecule has 6 heteroatoms. The second-order valence-electron chi connectivity index (χ2n) is 6.74. The van der Waals surface area contributed by atoms with Gasteiger partial charge in [0, 0.05) is 6.04 Å². The van der Waals surface area contributed by atoms with Crippen LogP contribution in [-0.2, 0) is 14.3 Å². The molecule has 3 N–H and O–H groups in total. The van der Waals surface area contributed by atoms with Crippen LogP contribution in [0.25, 0.3) is 0 Å². The van der Waals surface area contributed by atoms with E-state index in [0.717, 1.165) is 25.7 Å². The first-order valence-corrected chi connectivity index (χ1v) is 7.54. The van der Waals surface area contributed by atoms with E-state index in [1.807, 2.05) is 0 Å². The number of methoxy groups -OCH3 is 1. The van der Waals surface area contributed by atoms with E-state index in [2.05, 4.69) is 5.32 Å². The van der Waals surface area contributed by atoms with Crippen molar-refractivity contribution in [2.24, 2.45) is 11.7 Å². The van der Waals surface area contributed by atoms with Crippen LogP contribution >= 0.6 is 0 Å².